The number of methoxy groups -OCH3 is 1. The van der Waals surface area contributed by atoms with Crippen LogP contribution in [-0.4, -0.2) is 38.6 Å². The van der Waals surface area contributed by atoms with E-state index in [4.69, 9.17) is 9.15 Å². The summed E-state index contributed by atoms with van der Waals surface area (Å²) in [6, 6.07) is 10.5. The molecule has 2 amide bonds. The standard InChI is InChI=1S/C17H21N3O4/c1-23-10-8-18-16(21)12-19-14-6-4-13(5-7-14)17(22)20-11-15-3-2-9-24-15/h2-7,9,19H,8,10-12H2,1H3,(H,18,21)(H,20,22). The SMILES string of the molecule is COCCNC(=O)CNc1ccc(C(=O)NCc2ccco2)cc1. The molecule has 1 aromatic carbocycles. The molecule has 3 N–H and O–H groups in total. The van der Waals surface area contributed by atoms with Crippen LogP contribution in [0.5, 0.6) is 0 Å². The van der Waals surface area contributed by atoms with Crippen molar-refractivity contribution in [3.05, 3.63) is 54.0 Å². The molecule has 2 aromatic rings. The van der Waals surface area contributed by atoms with Crippen LogP contribution in [0.1, 0.15) is 16.1 Å². The zero-order chi connectivity index (χ0) is 17.2. The van der Waals surface area contributed by atoms with E-state index >= 15 is 0 Å². The number of nitrogens with one attached hydrogen (secondary N) is 3. The van der Waals surface area contributed by atoms with E-state index in [0.717, 1.165) is 5.69 Å². The Morgan fingerprint density at radius 3 is 2.58 bits per heavy atom. The van der Waals surface area contributed by atoms with Gasteiger partial charge in [-0.05, 0) is 36.4 Å². The monoisotopic (exact) mass is 331 g/mol. The zero-order valence-corrected chi connectivity index (χ0v) is 13.5. The van der Waals surface area contributed by atoms with E-state index in [1.165, 1.54) is 0 Å². The highest BCUT2D eigenvalue weighted by molar-refractivity contribution is 5.94. The third kappa shape index (κ3) is 5.77. The number of hydrogen-bond donors (Lipinski definition) is 3. The second-order valence-electron chi connectivity index (χ2n) is 5.04. The Labute approximate surface area is 140 Å². The van der Waals surface area contributed by atoms with Crippen molar-refractivity contribution in [1.29, 1.82) is 0 Å². The molecular weight excluding hydrogens is 310 g/mol. The summed E-state index contributed by atoms with van der Waals surface area (Å²) in [5.74, 6) is 0.392. The predicted molar refractivity (Wildman–Crippen MR) is 89.7 cm³/mol. The first kappa shape index (κ1) is 17.6. The summed E-state index contributed by atoms with van der Waals surface area (Å²) in [6.07, 6.45) is 1.56. The number of ether oxygens (including phenoxy) is 1. The second-order valence-corrected chi connectivity index (χ2v) is 5.04. The van der Waals surface area contributed by atoms with E-state index in [9.17, 15) is 9.59 Å². The molecule has 2 rings (SSSR count). The topological polar surface area (TPSA) is 92.6 Å². The van der Waals surface area contributed by atoms with Crippen LogP contribution in [0.4, 0.5) is 5.69 Å². The zero-order valence-electron chi connectivity index (χ0n) is 13.5. The molecule has 0 aliphatic heterocycles. The molecule has 0 bridgehead atoms. The number of rotatable bonds is 9. The van der Waals surface area contributed by atoms with Gasteiger partial charge in [0.05, 0.1) is 26.0 Å². The summed E-state index contributed by atoms with van der Waals surface area (Å²) >= 11 is 0. The molecule has 0 atom stereocenters. The Morgan fingerprint density at radius 1 is 1.12 bits per heavy atom. The van der Waals surface area contributed by atoms with Gasteiger partial charge in [-0.3, -0.25) is 9.59 Å². The third-order valence-electron chi connectivity index (χ3n) is 3.23. The van der Waals surface area contributed by atoms with Gasteiger partial charge in [0.1, 0.15) is 5.76 Å². The molecule has 0 aliphatic carbocycles. The summed E-state index contributed by atoms with van der Waals surface area (Å²) in [6.45, 7) is 1.46. The second kappa shape index (κ2) is 9.36. The van der Waals surface area contributed by atoms with Crippen molar-refractivity contribution in [2.75, 3.05) is 32.1 Å². The smallest absolute Gasteiger partial charge is 0.251 e. The lowest BCUT2D eigenvalue weighted by Crippen LogP contribution is -2.32. The van der Waals surface area contributed by atoms with Gasteiger partial charge in [-0.1, -0.05) is 0 Å². The van der Waals surface area contributed by atoms with Gasteiger partial charge >= 0.3 is 0 Å². The molecule has 0 radical (unpaired) electrons. The fraction of sp³-hybridized carbons (Fsp3) is 0.294. The van der Waals surface area contributed by atoms with Crippen LogP contribution in [-0.2, 0) is 16.1 Å². The third-order valence-corrected chi connectivity index (χ3v) is 3.23. The number of carbonyl (C=O) groups is 2. The van der Waals surface area contributed by atoms with Crippen LogP contribution in [0, 0.1) is 0 Å². The van der Waals surface area contributed by atoms with E-state index in [2.05, 4.69) is 16.0 Å². The molecule has 128 valence electrons. The van der Waals surface area contributed by atoms with Crippen molar-refractivity contribution in [3.8, 4) is 0 Å². The molecule has 7 nitrogen and oxygen atoms in total. The molecule has 0 spiro atoms. The van der Waals surface area contributed by atoms with Crippen LogP contribution in [0.2, 0.25) is 0 Å². The summed E-state index contributed by atoms with van der Waals surface area (Å²) in [5.41, 5.74) is 1.30. The molecule has 7 heteroatoms. The lowest BCUT2D eigenvalue weighted by Gasteiger charge is -2.08. The fourth-order valence-electron chi connectivity index (χ4n) is 1.96. The number of hydrogen-bond acceptors (Lipinski definition) is 5. The Kier molecular flexibility index (Phi) is 6.85. The van der Waals surface area contributed by atoms with Gasteiger partial charge in [-0.25, -0.2) is 0 Å². The molecule has 0 aliphatic rings. The highest BCUT2D eigenvalue weighted by Crippen LogP contribution is 2.09. The first-order valence-electron chi connectivity index (χ1n) is 7.59. The maximum absolute atomic E-state index is 12.0. The molecule has 0 saturated carbocycles. The van der Waals surface area contributed by atoms with Crippen LogP contribution in [0.15, 0.2) is 47.1 Å². The Balaban J connectivity index is 1.75. The van der Waals surface area contributed by atoms with Gasteiger partial charge in [0.25, 0.3) is 5.91 Å². The van der Waals surface area contributed by atoms with Crippen LogP contribution in [0.3, 0.4) is 0 Å². The quantitative estimate of drug-likeness (QED) is 0.604. The van der Waals surface area contributed by atoms with Crippen LogP contribution < -0.4 is 16.0 Å². The summed E-state index contributed by atoms with van der Waals surface area (Å²) in [7, 11) is 1.58. The van der Waals surface area contributed by atoms with Crippen molar-refractivity contribution in [3.63, 3.8) is 0 Å². The maximum Gasteiger partial charge on any atom is 0.251 e. The first-order valence-corrected chi connectivity index (χ1v) is 7.59. The summed E-state index contributed by atoms with van der Waals surface area (Å²) < 4.78 is 10.0. The normalized spacial score (nSPS) is 10.2. The number of anilines is 1. The van der Waals surface area contributed by atoms with E-state index in [0.29, 0.717) is 31.0 Å². The maximum atomic E-state index is 12.0. The molecule has 24 heavy (non-hydrogen) atoms. The van der Waals surface area contributed by atoms with Gasteiger partial charge < -0.3 is 25.1 Å². The summed E-state index contributed by atoms with van der Waals surface area (Å²) in [4.78, 5) is 23.6. The highest BCUT2D eigenvalue weighted by atomic mass is 16.5. The average molecular weight is 331 g/mol. The lowest BCUT2D eigenvalue weighted by atomic mass is 10.2. The number of furan rings is 1. The minimum absolute atomic E-state index is 0.118. The van der Waals surface area contributed by atoms with E-state index < -0.39 is 0 Å². The minimum atomic E-state index is -0.185. The van der Waals surface area contributed by atoms with E-state index in [-0.39, 0.29) is 18.4 Å². The Hall–Kier alpha value is -2.80. The van der Waals surface area contributed by atoms with Gasteiger partial charge in [0, 0.05) is 24.9 Å². The van der Waals surface area contributed by atoms with Crippen molar-refractivity contribution in [1.82, 2.24) is 10.6 Å². The number of carbonyl (C=O) groups excluding carboxylic acids is 2. The van der Waals surface area contributed by atoms with Crippen molar-refractivity contribution < 1.29 is 18.7 Å². The van der Waals surface area contributed by atoms with Gasteiger partial charge in [0.15, 0.2) is 0 Å². The largest absolute Gasteiger partial charge is 0.467 e. The van der Waals surface area contributed by atoms with Gasteiger partial charge in [-0.15, -0.1) is 0 Å². The minimum Gasteiger partial charge on any atom is -0.467 e. The molecule has 0 fully saturated rings. The van der Waals surface area contributed by atoms with Gasteiger partial charge in [0.2, 0.25) is 5.91 Å². The van der Waals surface area contributed by atoms with E-state index in [1.807, 2.05) is 0 Å². The lowest BCUT2D eigenvalue weighted by molar-refractivity contribution is -0.119. The van der Waals surface area contributed by atoms with Crippen molar-refractivity contribution >= 4 is 17.5 Å². The van der Waals surface area contributed by atoms with Crippen molar-refractivity contribution in [2.45, 2.75) is 6.54 Å². The average Bonchev–Trinajstić information content (AvgIpc) is 3.12. The molecular formula is C17H21N3O4. The number of benzene rings is 1. The molecule has 0 unspecified atom stereocenters. The molecule has 0 saturated heterocycles. The highest BCUT2D eigenvalue weighted by Gasteiger charge is 2.06. The fourth-order valence-corrected chi connectivity index (χ4v) is 1.96. The predicted octanol–water partition coefficient (Wildman–Crippen LogP) is 1.38. The van der Waals surface area contributed by atoms with Crippen LogP contribution >= 0.6 is 0 Å². The summed E-state index contributed by atoms with van der Waals surface area (Å²) in [5, 5.41) is 8.48. The Morgan fingerprint density at radius 2 is 1.92 bits per heavy atom. The van der Waals surface area contributed by atoms with Crippen LogP contribution in [0.25, 0.3) is 0 Å². The van der Waals surface area contributed by atoms with Gasteiger partial charge in [-0.2, -0.15) is 0 Å². The number of amides is 2. The first-order chi connectivity index (χ1) is 11.7. The molecule has 1 heterocycles. The van der Waals surface area contributed by atoms with Crippen molar-refractivity contribution in [2.24, 2.45) is 0 Å². The molecule has 1 aromatic heterocycles. The Bertz CT molecular complexity index is 638. The van der Waals surface area contributed by atoms with E-state index in [1.54, 1.807) is 49.8 Å².